The number of allylic oxidation sites excluding steroid dienone is 2. The molecule has 0 bridgehead atoms. The van der Waals surface area contributed by atoms with E-state index in [9.17, 15) is 44.4 Å². The highest BCUT2D eigenvalue weighted by Crippen LogP contribution is 2.52. The molecule has 0 saturated heterocycles. The number of fused-ring (bicyclic) bond motifs is 3. The number of hydrogen-bond acceptors (Lipinski definition) is 10. The number of primary amides is 1. The van der Waals surface area contributed by atoms with Gasteiger partial charge in [0.1, 0.15) is 22.8 Å². The second-order valence-electron chi connectivity index (χ2n) is 9.08. The van der Waals surface area contributed by atoms with Crippen LogP contribution in [0.15, 0.2) is 28.7 Å². The molecule has 0 aliphatic heterocycles. The number of nitrogens with two attached hydrogens (primary N) is 1. The quantitative estimate of drug-likeness (QED) is 0.188. The third-order valence-corrected chi connectivity index (χ3v) is 6.96. The maximum Gasteiger partial charge on any atom is 0.377 e. The van der Waals surface area contributed by atoms with Crippen LogP contribution in [0.2, 0.25) is 0 Å². The number of aliphatic hydroxyl groups excluding tert-OH is 2. The Kier molecular flexibility index (Phi) is 5.25. The number of rotatable bonds is 4. The molecule has 3 atom stereocenters. The molecule has 12 heteroatoms. The molecule has 3 aliphatic rings. The van der Waals surface area contributed by atoms with Gasteiger partial charge in [-0.25, -0.2) is 4.79 Å². The van der Waals surface area contributed by atoms with Crippen LogP contribution in [-0.2, 0) is 20.8 Å². The van der Waals surface area contributed by atoms with Crippen molar-refractivity contribution in [3.63, 3.8) is 0 Å². The zero-order chi connectivity index (χ0) is 26.1. The van der Waals surface area contributed by atoms with Crippen molar-refractivity contribution in [3.05, 3.63) is 45.4 Å². The molecule has 7 N–H and O–H groups in total. The van der Waals surface area contributed by atoms with Crippen LogP contribution in [0.25, 0.3) is 0 Å². The van der Waals surface area contributed by atoms with Crippen molar-refractivity contribution in [2.75, 3.05) is 19.0 Å². The van der Waals surface area contributed by atoms with Gasteiger partial charge in [0.05, 0.1) is 11.1 Å². The van der Waals surface area contributed by atoms with Gasteiger partial charge in [0.25, 0.3) is 11.7 Å². The number of hydrogen-bond donors (Lipinski definition) is 6. The molecule has 0 saturated carbocycles. The fourth-order valence-corrected chi connectivity index (χ4v) is 5.35. The maximum atomic E-state index is 13.6. The lowest BCUT2D eigenvalue weighted by atomic mass is 9.60. The topological polar surface area (TPSA) is 216 Å². The first-order chi connectivity index (χ1) is 16.2. The highest BCUT2D eigenvalue weighted by atomic mass is 16.4. The highest BCUT2D eigenvalue weighted by Gasteiger charge is 2.59. The third-order valence-electron chi connectivity index (χ3n) is 6.96. The van der Waals surface area contributed by atoms with E-state index in [4.69, 9.17) is 10.8 Å². The van der Waals surface area contributed by atoms with E-state index < -0.39 is 86.2 Å². The lowest BCUT2D eigenvalue weighted by Crippen LogP contribution is -2.57. The van der Waals surface area contributed by atoms with Crippen LogP contribution in [-0.4, -0.2) is 74.5 Å². The number of anilines is 1. The zero-order valence-electron chi connectivity index (χ0n) is 18.7. The molecule has 1 aromatic carbocycles. The predicted molar refractivity (Wildman–Crippen MR) is 117 cm³/mol. The van der Waals surface area contributed by atoms with Gasteiger partial charge in [-0.05, 0) is 30.4 Å². The summed E-state index contributed by atoms with van der Waals surface area (Å²) in [6, 6.07) is 1.16. The summed E-state index contributed by atoms with van der Waals surface area (Å²) in [5.74, 6) is -11.4. The number of carboxylic acids is 1. The molecule has 0 radical (unpaired) electrons. The van der Waals surface area contributed by atoms with Crippen LogP contribution in [0.1, 0.15) is 39.1 Å². The van der Waals surface area contributed by atoms with Crippen molar-refractivity contribution in [2.24, 2.45) is 17.6 Å². The predicted octanol–water partition coefficient (Wildman–Crippen LogP) is -0.0862. The number of nitrogens with zero attached hydrogens (tertiary/aromatic N) is 1. The Morgan fingerprint density at radius 1 is 1.11 bits per heavy atom. The molecule has 35 heavy (non-hydrogen) atoms. The van der Waals surface area contributed by atoms with Crippen molar-refractivity contribution < 1.29 is 49.5 Å². The van der Waals surface area contributed by atoms with Crippen LogP contribution in [0.3, 0.4) is 0 Å². The second-order valence-corrected chi connectivity index (χ2v) is 9.08. The molecule has 0 aromatic heterocycles. The van der Waals surface area contributed by atoms with Crippen LogP contribution in [0, 0.1) is 11.8 Å². The van der Waals surface area contributed by atoms with Gasteiger partial charge in [0.2, 0.25) is 5.78 Å². The Hall–Kier alpha value is -4.19. The summed E-state index contributed by atoms with van der Waals surface area (Å²) in [6.07, 6.45) is -0.378. The van der Waals surface area contributed by atoms with Gasteiger partial charge in [-0.3, -0.25) is 19.2 Å². The minimum absolute atomic E-state index is 0.0248. The first kappa shape index (κ1) is 24.0. The third kappa shape index (κ3) is 3.13. The molecule has 4 rings (SSSR count). The summed E-state index contributed by atoms with van der Waals surface area (Å²) in [4.78, 5) is 63.2. The van der Waals surface area contributed by atoms with E-state index in [0.717, 1.165) is 6.07 Å². The van der Waals surface area contributed by atoms with Gasteiger partial charge in [-0.1, -0.05) is 0 Å². The van der Waals surface area contributed by atoms with Gasteiger partial charge >= 0.3 is 5.97 Å². The molecule has 12 nitrogen and oxygen atoms in total. The standard InChI is InChI=1S/C23H22N2O10/c1-25(2)11-6-10(17(28)22(33)34)16(27)14-9(11)4-7-3-8-5-12(26)15(21(24)32)20(31)23(8,35)19(30)13(7)18(14)29/h6-8,26-27,30,35H,3-5H2,1-2H3,(H2,24,32)(H,33,34)/t7?,8?,23-/m0/s1. The maximum absolute atomic E-state index is 13.6. The monoisotopic (exact) mass is 486 g/mol. The van der Waals surface area contributed by atoms with Gasteiger partial charge < -0.3 is 36.2 Å². The number of aliphatic hydroxyl groups is 3. The number of carbonyl (C=O) groups is 5. The van der Waals surface area contributed by atoms with E-state index in [1.807, 2.05) is 0 Å². The number of phenols is 1. The molecule has 0 fully saturated rings. The Labute approximate surface area is 197 Å². The second kappa shape index (κ2) is 7.67. The fourth-order valence-electron chi connectivity index (χ4n) is 5.35. The van der Waals surface area contributed by atoms with Crippen LogP contribution in [0.5, 0.6) is 5.75 Å². The van der Waals surface area contributed by atoms with Gasteiger partial charge in [-0.15, -0.1) is 0 Å². The minimum Gasteiger partial charge on any atom is -0.511 e. The van der Waals surface area contributed by atoms with E-state index >= 15 is 0 Å². The van der Waals surface area contributed by atoms with Gasteiger partial charge in [-0.2, -0.15) is 0 Å². The fraction of sp³-hybridized carbons (Fsp3) is 0.348. The number of carbonyl (C=O) groups excluding carboxylic acids is 4. The molecule has 0 spiro atoms. The van der Waals surface area contributed by atoms with Crippen molar-refractivity contribution in [3.8, 4) is 5.75 Å². The number of carboxylic acid groups (broad SMARTS) is 1. The number of ketones is 3. The molecule has 1 aromatic rings. The van der Waals surface area contributed by atoms with Crippen LogP contribution < -0.4 is 10.6 Å². The molecule has 0 heterocycles. The summed E-state index contributed by atoms with van der Waals surface area (Å²) in [7, 11) is 3.17. The summed E-state index contributed by atoms with van der Waals surface area (Å²) in [5.41, 5.74) is 0.644. The number of phenolic OH excluding ortho intramolecular Hbond substituents is 1. The molecular weight excluding hydrogens is 464 g/mol. The number of amides is 1. The van der Waals surface area contributed by atoms with E-state index in [0.29, 0.717) is 0 Å². The summed E-state index contributed by atoms with van der Waals surface area (Å²) >= 11 is 0. The van der Waals surface area contributed by atoms with Gasteiger partial charge in [0.15, 0.2) is 11.4 Å². The Morgan fingerprint density at radius 3 is 2.29 bits per heavy atom. The average Bonchev–Trinajstić information content (AvgIpc) is 2.75. The van der Waals surface area contributed by atoms with Crippen molar-refractivity contribution in [1.82, 2.24) is 0 Å². The molecular formula is C23H22N2O10. The SMILES string of the molecule is CN(C)c1cc(C(=O)C(=O)O)c(O)c2c1CC1CC3CC(O)=C(C(N)=O)C(=O)[C@@]3(O)C(O)=C1C2=O. The molecule has 184 valence electrons. The molecule has 3 aliphatic carbocycles. The van der Waals surface area contributed by atoms with Gasteiger partial charge in [0, 0.05) is 37.7 Å². The largest absolute Gasteiger partial charge is 0.511 e. The summed E-state index contributed by atoms with van der Waals surface area (Å²) in [6.45, 7) is 0. The number of aliphatic carboxylic acids is 1. The lowest BCUT2D eigenvalue weighted by molar-refractivity contribution is -0.144. The first-order valence-corrected chi connectivity index (χ1v) is 10.5. The van der Waals surface area contributed by atoms with Crippen molar-refractivity contribution in [1.29, 1.82) is 0 Å². The van der Waals surface area contributed by atoms with E-state index in [2.05, 4.69) is 0 Å². The smallest absolute Gasteiger partial charge is 0.377 e. The lowest BCUT2D eigenvalue weighted by Gasteiger charge is -2.45. The number of aromatic hydroxyl groups is 1. The minimum atomic E-state index is -2.72. The number of Topliss-reactive ketones (excluding diaryl/α,β-unsaturated/α-hetero) is 3. The normalized spacial score (nSPS) is 25.6. The van der Waals surface area contributed by atoms with E-state index in [-0.39, 0.29) is 30.5 Å². The Balaban J connectivity index is 1.97. The zero-order valence-corrected chi connectivity index (χ0v) is 18.7. The van der Waals surface area contributed by atoms with E-state index in [1.165, 1.54) is 4.90 Å². The van der Waals surface area contributed by atoms with Crippen LogP contribution >= 0.6 is 0 Å². The summed E-state index contributed by atoms with van der Waals surface area (Å²) < 4.78 is 0. The Bertz CT molecular complexity index is 1320. The van der Waals surface area contributed by atoms with Crippen LogP contribution in [0.4, 0.5) is 5.69 Å². The Morgan fingerprint density at radius 2 is 1.74 bits per heavy atom. The van der Waals surface area contributed by atoms with Crippen molar-refractivity contribution in [2.45, 2.75) is 24.9 Å². The number of benzene rings is 1. The summed E-state index contributed by atoms with van der Waals surface area (Å²) in [5, 5.41) is 52.3. The molecule has 1 amide bonds. The highest BCUT2D eigenvalue weighted by molar-refractivity contribution is 6.41. The average molecular weight is 486 g/mol. The van der Waals surface area contributed by atoms with Crippen molar-refractivity contribution >= 4 is 34.9 Å². The van der Waals surface area contributed by atoms with E-state index in [1.54, 1.807) is 14.1 Å². The molecule has 2 unspecified atom stereocenters. The first-order valence-electron chi connectivity index (χ1n) is 10.5.